The molecule has 0 spiro atoms. The Morgan fingerprint density at radius 1 is 0.821 bits per heavy atom. The quantitative estimate of drug-likeness (QED) is 0.0639. The van der Waals surface area contributed by atoms with Crippen molar-refractivity contribution < 1.29 is 29.3 Å². The molecule has 1 aliphatic carbocycles. The molecule has 5 N–H and O–H groups in total. The van der Waals surface area contributed by atoms with Gasteiger partial charge in [0.1, 0.15) is 12.4 Å². The zero-order valence-electron chi connectivity index (χ0n) is 30.0. The van der Waals surface area contributed by atoms with Crippen LogP contribution in [0.2, 0.25) is 0 Å². The zero-order chi connectivity index (χ0) is 38.4. The fourth-order valence-electron chi connectivity index (χ4n) is 7.29. The molecular weight excluding hydrogens is 709 g/mol. The van der Waals surface area contributed by atoms with Crippen molar-refractivity contribution in [1.82, 2.24) is 19.9 Å². The van der Waals surface area contributed by atoms with Crippen molar-refractivity contribution >= 4 is 52.2 Å². The number of nitrogens with one attached hydrogen (secondary N) is 3. The van der Waals surface area contributed by atoms with E-state index < -0.39 is 11.9 Å². The van der Waals surface area contributed by atoms with Crippen LogP contribution in [-0.2, 0) is 34.0 Å². The minimum absolute atomic E-state index is 0.0000270. The summed E-state index contributed by atoms with van der Waals surface area (Å²) in [7, 11) is 0. The lowest BCUT2D eigenvalue weighted by Gasteiger charge is -2.23. The highest BCUT2D eigenvalue weighted by molar-refractivity contribution is 5.91. The average Bonchev–Trinajstić information content (AvgIpc) is 3.75. The van der Waals surface area contributed by atoms with E-state index in [4.69, 9.17) is 9.47 Å². The number of carboxylic acids is 1. The van der Waals surface area contributed by atoms with E-state index in [1.54, 1.807) is 6.07 Å². The molecule has 2 aromatic heterocycles. The number of H-pyrrole nitrogens is 1. The van der Waals surface area contributed by atoms with Crippen LogP contribution in [0.15, 0.2) is 133 Å². The van der Waals surface area contributed by atoms with Crippen LogP contribution in [0.1, 0.15) is 45.8 Å². The number of allylic oxidation sites excluding steroid dienone is 1. The Morgan fingerprint density at radius 2 is 1.48 bits per heavy atom. The summed E-state index contributed by atoms with van der Waals surface area (Å²) in [6, 6.07) is 40.0. The average molecular weight is 745 g/mol. The first-order valence-corrected chi connectivity index (χ1v) is 18.0. The van der Waals surface area contributed by atoms with Gasteiger partial charge in [0.05, 0.1) is 13.0 Å². The van der Waals surface area contributed by atoms with Crippen LogP contribution in [-0.4, -0.2) is 42.6 Å². The molecule has 1 unspecified atom stereocenters. The molecule has 12 heteroatoms. The molecule has 56 heavy (non-hydrogen) atoms. The van der Waals surface area contributed by atoms with Gasteiger partial charge in [-0.25, -0.2) is 0 Å². The van der Waals surface area contributed by atoms with Crippen LogP contribution < -0.4 is 15.4 Å². The van der Waals surface area contributed by atoms with Gasteiger partial charge in [-0.05, 0) is 76.7 Å². The highest BCUT2D eigenvalue weighted by Crippen LogP contribution is 2.47. The van der Waals surface area contributed by atoms with Crippen molar-refractivity contribution in [1.29, 1.82) is 0 Å². The van der Waals surface area contributed by atoms with Crippen LogP contribution in [0.3, 0.4) is 0 Å². The maximum absolute atomic E-state index is 12.4. The lowest BCUT2D eigenvalue weighted by molar-refractivity contribution is -0.135. The Labute approximate surface area is 321 Å². The summed E-state index contributed by atoms with van der Waals surface area (Å²) in [6.45, 7) is 0.0279. The van der Waals surface area contributed by atoms with Crippen molar-refractivity contribution in [2.45, 2.75) is 32.0 Å². The number of hydrogen-bond donors (Lipinski definition) is 5. The largest absolute Gasteiger partial charge is 0.481 e. The van der Waals surface area contributed by atoms with Gasteiger partial charge in [0.15, 0.2) is 0 Å². The number of aromatic amines is 1. The van der Waals surface area contributed by atoms with Crippen LogP contribution in [0, 0.1) is 0 Å². The monoisotopic (exact) mass is 744 g/mol. The van der Waals surface area contributed by atoms with Crippen LogP contribution in [0.5, 0.6) is 11.8 Å². The summed E-state index contributed by atoms with van der Waals surface area (Å²) in [5.41, 5.74) is 8.60. The maximum Gasteiger partial charge on any atom is 0.328 e. The van der Waals surface area contributed by atoms with Gasteiger partial charge >= 0.3 is 12.0 Å². The highest BCUT2D eigenvalue weighted by atomic mass is 16.5. The van der Waals surface area contributed by atoms with Crippen molar-refractivity contribution in [3.05, 3.63) is 166 Å². The van der Waals surface area contributed by atoms with Crippen LogP contribution in [0.4, 0.5) is 23.3 Å². The fourth-order valence-corrected chi connectivity index (χ4v) is 7.29. The van der Waals surface area contributed by atoms with E-state index in [-0.39, 0.29) is 37.5 Å². The first-order chi connectivity index (χ1) is 27.5. The number of anilines is 4. The topological polar surface area (TPSA) is 172 Å². The third-order valence-electron chi connectivity index (χ3n) is 9.68. The predicted octanol–water partition coefficient (Wildman–Crippen LogP) is 8.41. The molecule has 1 aliphatic rings. The Hall–Kier alpha value is -7.31. The van der Waals surface area contributed by atoms with Gasteiger partial charge in [0.25, 0.3) is 6.47 Å². The Bertz CT molecular complexity index is 2510. The first kappa shape index (κ1) is 35.7. The Kier molecular flexibility index (Phi) is 10.2. The van der Waals surface area contributed by atoms with E-state index in [1.807, 2.05) is 121 Å². The van der Waals surface area contributed by atoms with Gasteiger partial charge in [-0.2, -0.15) is 15.0 Å². The zero-order valence-corrected chi connectivity index (χ0v) is 30.0. The number of ether oxygens (including phenoxy) is 2. The number of aliphatic carboxylic acids is 1. The summed E-state index contributed by atoms with van der Waals surface area (Å²) in [5.74, 6) is -0.676. The number of carbonyl (C=O) groups excluding carboxylic acids is 1. The molecular formula is C44H36N6O6. The lowest BCUT2D eigenvalue weighted by Crippen LogP contribution is -2.12. The first-order valence-electron chi connectivity index (χ1n) is 18.0. The van der Waals surface area contributed by atoms with Gasteiger partial charge in [-0.1, -0.05) is 84.9 Å². The molecule has 0 bridgehead atoms. The molecule has 0 aliphatic heterocycles. The lowest BCUT2D eigenvalue weighted by atomic mass is 9.82. The van der Waals surface area contributed by atoms with Gasteiger partial charge in [-0.15, -0.1) is 0 Å². The number of aliphatic hydroxyl groups is 1. The molecule has 0 saturated carbocycles. The number of carboxylic acid groups (broad SMARTS) is 1. The summed E-state index contributed by atoms with van der Waals surface area (Å²) < 4.78 is 11.7. The van der Waals surface area contributed by atoms with Crippen molar-refractivity contribution in [2.75, 3.05) is 10.6 Å². The van der Waals surface area contributed by atoms with E-state index in [9.17, 15) is 19.8 Å². The standard InChI is InChI=1S/C44H36N6O6/c51-24-29-21-28(19-20-38(29)56-44-49-42(45-30-12-3-1-4-13-30)48-43(50-44)46-31-14-5-2-6-15-31)40(35-22-27-11-7-8-16-32(27)34(35)23-39(53)54)41-36(25-55-26-52)33-17-9-10-18-37(33)47-41/h1-21,26,40,47,51H,22-25H2,(H,53,54)(H2,45,46,48,49,50). The maximum atomic E-state index is 12.4. The molecule has 0 saturated heterocycles. The second-order valence-electron chi connectivity index (χ2n) is 13.2. The number of aromatic nitrogens is 4. The Morgan fingerprint density at radius 3 is 2.16 bits per heavy atom. The van der Waals surface area contributed by atoms with Gasteiger partial charge in [-0.3, -0.25) is 9.59 Å². The number of aliphatic hydroxyl groups excluding tert-OH is 1. The van der Waals surface area contributed by atoms with Gasteiger partial charge in [0.2, 0.25) is 11.9 Å². The van der Waals surface area contributed by atoms with Crippen LogP contribution >= 0.6 is 0 Å². The fraction of sp³-hybridized carbons (Fsp3) is 0.114. The molecule has 0 fully saturated rings. The number of carbonyl (C=O) groups is 2. The SMILES string of the molecule is O=COCc1c(C(C2=C(CC(=O)O)c3ccccc3C2)c2ccc(Oc3nc(Nc4ccccc4)nc(Nc4ccccc4)n3)c(CO)c2)[nH]c2ccccc12. The molecule has 278 valence electrons. The van der Waals surface area contributed by atoms with Gasteiger partial charge in [0, 0.05) is 45.0 Å². The molecule has 0 amide bonds. The molecule has 5 aromatic carbocycles. The summed E-state index contributed by atoms with van der Waals surface area (Å²) in [6.07, 6.45) is 0.314. The number of para-hydroxylation sites is 3. The van der Waals surface area contributed by atoms with Crippen molar-refractivity contribution in [3.63, 3.8) is 0 Å². The summed E-state index contributed by atoms with van der Waals surface area (Å²) in [4.78, 5) is 41.1. The molecule has 7 aromatic rings. The van der Waals surface area contributed by atoms with E-state index >= 15 is 0 Å². The molecule has 8 rings (SSSR count). The van der Waals surface area contributed by atoms with E-state index in [1.165, 1.54) is 0 Å². The minimum atomic E-state index is -0.950. The van der Waals surface area contributed by atoms with Gasteiger partial charge < -0.3 is 35.3 Å². The second kappa shape index (κ2) is 16.0. The number of hydrogen-bond acceptors (Lipinski definition) is 10. The predicted molar refractivity (Wildman–Crippen MR) is 212 cm³/mol. The van der Waals surface area contributed by atoms with Crippen molar-refractivity contribution in [3.8, 4) is 11.8 Å². The second-order valence-corrected chi connectivity index (χ2v) is 13.2. The number of benzene rings is 5. The van der Waals surface area contributed by atoms with Crippen LogP contribution in [0.25, 0.3) is 16.5 Å². The van der Waals surface area contributed by atoms with E-state index in [0.717, 1.165) is 55.8 Å². The minimum Gasteiger partial charge on any atom is -0.481 e. The number of fused-ring (bicyclic) bond motifs is 2. The third kappa shape index (κ3) is 7.54. The third-order valence-corrected chi connectivity index (χ3v) is 9.68. The highest BCUT2D eigenvalue weighted by Gasteiger charge is 2.33. The molecule has 1 atom stereocenters. The molecule has 2 heterocycles. The number of rotatable bonds is 15. The van der Waals surface area contributed by atoms with Crippen molar-refractivity contribution in [2.24, 2.45) is 0 Å². The summed E-state index contributed by atoms with van der Waals surface area (Å²) in [5, 5.41) is 28.2. The molecule has 12 nitrogen and oxygen atoms in total. The summed E-state index contributed by atoms with van der Waals surface area (Å²) >= 11 is 0. The molecule has 0 radical (unpaired) electrons. The number of nitrogens with zero attached hydrogens (tertiary/aromatic N) is 3. The smallest absolute Gasteiger partial charge is 0.328 e. The normalized spacial score (nSPS) is 12.6. The van der Waals surface area contributed by atoms with E-state index in [0.29, 0.717) is 29.8 Å². The van der Waals surface area contributed by atoms with E-state index in [2.05, 4.69) is 30.6 Å². The Balaban J connectivity index is 1.23.